The third-order valence-corrected chi connectivity index (χ3v) is 4.80. The molecule has 2 heterocycles. The predicted octanol–water partition coefficient (Wildman–Crippen LogP) is 3.12. The van der Waals surface area contributed by atoms with Gasteiger partial charge in [0.15, 0.2) is 0 Å². The lowest BCUT2D eigenvalue weighted by Gasteiger charge is -2.32. The van der Waals surface area contributed by atoms with Gasteiger partial charge in [-0.25, -0.2) is 4.68 Å². The number of carbonyl (C=O) groups excluding carboxylic acids is 1. The van der Waals surface area contributed by atoms with E-state index in [4.69, 9.17) is 0 Å². The van der Waals surface area contributed by atoms with Crippen molar-refractivity contribution < 1.29 is 18.0 Å². The number of piperidine rings is 1. The molecule has 0 unspecified atom stereocenters. The number of nitrogens with zero attached hydrogens (tertiary/aromatic N) is 3. The van der Waals surface area contributed by atoms with Crippen molar-refractivity contribution in [1.29, 1.82) is 0 Å². The van der Waals surface area contributed by atoms with E-state index in [0.29, 0.717) is 32.5 Å². The summed E-state index contributed by atoms with van der Waals surface area (Å²) in [6.07, 6.45) is -3.34. The highest BCUT2D eigenvalue weighted by molar-refractivity contribution is 5.96. The molecule has 1 fully saturated rings. The number of halogens is 3. The SMILES string of the molecule is Cc1ccc(=O)n(CC2CCN(C(=O)c3ccccc3C(F)(F)F)CC2)n1. The van der Waals surface area contributed by atoms with Crippen LogP contribution in [-0.4, -0.2) is 33.7 Å². The molecule has 1 aromatic heterocycles. The van der Waals surface area contributed by atoms with Gasteiger partial charge in [-0.2, -0.15) is 18.3 Å². The Balaban J connectivity index is 1.67. The maximum Gasteiger partial charge on any atom is 0.417 e. The first-order valence-electron chi connectivity index (χ1n) is 8.76. The van der Waals surface area contributed by atoms with Crippen LogP contribution in [0, 0.1) is 12.8 Å². The molecule has 0 N–H and O–H groups in total. The molecule has 0 atom stereocenters. The highest BCUT2D eigenvalue weighted by Crippen LogP contribution is 2.33. The van der Waals surface area contributed by atoms with E-state index >= 15 is 0 Å². The summed E-state index contributed by atoms with van der Waals surface area (Å²) in [5.41, 5.74) is -0.670. The van der Waals surface area contributed by atoms with E-state index in [0.717, 1.165) is 11.8 Å². The lowest BCUT2D eigenvalue weighted by Crippen LogP contribution is -2.41. The summed E-state index contributed by atoms with van der Waals surface area (Å²) in [7, 11) is 0. The molecule has 144 valence electrons. The van der Waals surface area contributed by atoms with E-state index in [2.05, 4.69) is 5.10 Å². The minimum atomic E-state index is -4.57. The normalized spacial score (nSPS) is 15.8. The summed E-state index contributed by atoms with van der Waals surface area (Å²) < 4.78 is 40.8. The standard InChI is InChI=1S/C19H20F3N3O2/c1-13-6-7-17(26)25(23-13)12-14-8-10-24(11-9-14)18(27)15-4-2-3-5-16(15)19(20,21)22/h2-7,14H,8-12H2,1H3. The number of hydrogen-bond donors (Lipinski definition) is 0. The van der Waals surface area contributed by atoms with Crippen molar-refractivity contribution in [3.8, 4) is 0 Å². The molecule has 5 nitrogen and oxygen atoms in total. The van der Waals surface area contributed by atoms with Crippen LogP contribution < -0.4 is 5.56 Å². The van der Waals surface area contributed by atoms with Crippen molar-refractivity contribution in [2.45, 2.75) is 32.5 Å². The number of likely N-dealkylation sites (tertiary alicyclic amines) is 1. The van der Waals surface area contributed by atoms with Gasteiger partial charge in [-0.15, -0.1) is 0 Å². The molecule has 1 aliphatic heterocycles. The molecule has 3 rings (SSSR count). The minimum absolute atomic E-state index is 0.152. The van der Waals surface area contributed by atoms with Gasteiger partial charge in [0.2, 0.25) is 0 Å². The Morgan fingerprint density at radius 1 is 1.15 bits per heavy atom. The van der Waals surface area contributed by atoms with Gasteiger partial charge in [0, 0.05) is 25.7 Å². The first-order valence-corrected chi connectivity index (χ1v) is 8.76. The highest BCUT2D eigenvalue weighted by atomic mass is 19.4. The number of rotatable bonds is 3. The molecule has 27 heavy (non-hydrogen) atoms. The average molecular weight is 379 g/mol. The zero-order chi connectivity index (χ0) is 19.6. The Labute approximate surface area is 154 Å². The number of amides is 1. The summed E-state index contributed by atoms with van der Waals surface area (Å²) in [6.45, 7) is 2.96. The minimum Gasteiger partial charge on any atom is -0.339 e. The molecule has 1 amide bonds. The smallest absolute Gasteiger partial charge is 0.339 e. The molecular formula is C19H20F3N3O2. The fourth-order valence-corrected chi connectivity index (χ4v) is 3.33. The Bertz CT molecular complexity index is 884. The average Bonchev–Trinajstić information content (AvgIpc) is 2.64. The molecule has 0 spiro atoms. The highest BCUT2D eigenvalue weighted by Gasteiger charge is 2.36. The summed E-state index contributed by atoms with van der Waals surface area (Å²) in [5, 5.41) is 4.21. The summed E-state index contributed by atoms with van der Waals surface area (Å²) in [6, 6.07) is 7.97. The fourth-order valence-electron chi connectivity index (χ4n) is 3.33. The second-order valence-corrected chi connectivity index (χ2v) is 6.77. The van der Waals surface area contributed by atoms with Gasteiger partial charge < -0.3 is 4.90 Å². The molecule has 1 aliphatic rings. The van der Waals surface area contributed by atoms with Gasteiger partial charge in [-0.05, 0) is 43.9 Å². The molecule has 2 aromatic rings. The van der Waals surface area contributed by atoms with Crippen molar-refractivity contribution in [3.05, 3.63) is 63.6 Å². The maximum atomic E-state index is 13.1. The molecule has 0 radical (unpaired) electrons. The molecule has 0 aliphatic carbocycles. The van der Waals surface area contributed by atoms with Gasteiger partial charge in [0.1, 0.15) is 0 Å². The van der Waals surface area contributed by atoms with E-state index < -0.39 is 17.6 Å². The first-order chi connectivity index (χ1) is 12.8. The third-order valence-electron chi connectivity index (χ3n) is 4.80. The Hall–Kier alpha value is -2.64. The molecule has 8 heteroatoms. The lowest BCUT2D eigenvalue weighted by atomic mass is 9.95. The van der Waals surface area contributed by atoms with E-state index in [1.54, 1.807) is 13.0 Å². The van der Waals surface area contributed by atoms with Crippen molar-refractivity contribution in [2.75, 3.05) is 13.1 Å². The van der Waals surface area contributed by atoms with Crippen LogP contribution >= 0.6 is 0 Å². The van der Waals surface area contributed by atoms with Crippen LogP contribution in [0.25, 0.3) is 0 Å². The van der Waals surface area contributed by atoms with Crippen LogP contribution in [0.15, 0.2) is 41.2 Å². The summed E-state index contributed by atoms with van der Waals surface area (Å²) >= 11 is 0. The van der Waals surface area contributed by atoms with Crippen LogP contribution in [0.2, 0.25) is 0 Å². The van der Waals surface area contributed by atoms with E-state index in [9.17, 15) is 22.8 Å². The van der Waals surface area contributed by atoms with Gasteiger partial charge in [0.05, 0.1) is 16.8 Å². The van der Waals surface area contributed by atoms with Crippen molar-refractivity contribution in [1.82, 2.24) is 14.7 Å². The number of aromatic nitrogens is 2. The van der Waals surface area contributed by atoms with Crippen LogP contribution in [0.1, 0.15) is 34.5 Å². The molecule has 1 aromatic carbocycles. The number of carbonyl (C=O) groups is 1. The van der Waals surface area contributed by atoms with Gasteiger partial charge in [-0.3, -0.25) is 9.59 Å². The zero-order valence-corrected chi connectivity index (χ0v) is 14.9. The Morgan fingerprint density at radius 2 is 1.81 bits per heavy atom. The van der Waals surface area contributed by atoms with E-state index in [1.807, 2.05) is 0 Å². The van der Waals surface area contributed by atoms with Crippen molar-refractivity contribution in [2.24, 2.45) is 5.92 Å². The monoisotopic (exact) mass is 379 g/mol. The van der Waals surface area contributed by atoms with Crippen LogP contribution in [-0.2, 0) is 12.7 Å². The third kappa shape index (κ3) is 4.37. The summed E-state index contributed by atoms with van der Waals surface area (Å²) in [5.74, 6) is -0.453. The molecule has 1 saturated heterocycles. The van der Waals surface area contributed by atoms with Crippen LogP contribution in [0.3, 0.4) is 0 Å². The van der Waals surface area contributed by atoms with Gasteiger partial charge in [-0.1, -0.05) is 12.1 Å². The quantitative estimate of drug-likeness (QED) is 0.823. The first kappa shape index (κ1) is 19.1. The second-order valence-electron chi connectivity index (χ2n) is 6.77. The molecule has 0 saturated carbocycles. The topological polar surface area (TPSA) is 55.2 Å². The van der Waals surface area contributed by atoms with Crippen molar-refractivity contribution >= 4 is 5.91 Å². The zero-order valence-electron chi connectivity index (χ0n) is 14.9. The summed E-state index contributed by atoms with van der Waals surface area (Å²) in [4.78, 5) is 25.9. The second kappa shape index (κ2) is 7.54. The molecular weight excluding hydrogens is 359 g/mol. The number of aryl methyl sites for hydroxylation is 1. The van der Waals surface area contributed by atoms with Gasteiger partial charge >= 0.3 is 6.18 Å². The van der Waals surface area contributed by atoms with Crippen LogP contribution in [0.4, 0.5) is 13.2 Å². The number of alkyl halides is 3. The number of benzene rings is 1. The van der Waals surface area contributed by atoms with Gasteiger partial charge in [0.25, 0.3) is 11.5 Å². The van der Waals surface area contributed by atoms with Crippen LogP contribution in [0.5, 0.6) is 0 Å². The Kier molecular flexibility index (Phi) is 5.34. The van der Waals surface area contributed by atoms with E-state index in [-0.39, 0.29) is 17.0 Å². The maximum absolute atomic E-state index is 13.1. The predicted molar refractivity (Wildman–Crippen MR) is 93.3 cm³/mol. The largest absolute Gasteiger partial charge is 0.417 e. The lowest BCUT2D eigenvalue weighted by molar-refractivity contribution is -0.138. The molecule has 0 bridgehead atoms. The fraction of sp³-hybridized carbons (Fsp3) is 0.421. The van der Waals surface area contributed by atoms with E-state index in [1.165, 1.54) is 33.8 Å². The number of hydrogen-bond acceptors (Lipinski definition) is 3. The Morgan fingerprint density at radius 3 is 2.48 bits per heavy atom. The van der Waals surface area contributed by atoms with Crippen molar-refractivity contribution in [3.63, 3.8) is 0 Å².